The van der Waals surface area contributed by atoms with Gasteiger partial charge in [-0.2, -0.15) is 0 Å². The van der Waals surface area contributed by atoms with E-state index in [1.165, 1.54) is 11.8 Å². The lowest BCUT2D eigenvalue weighted by Gasteiger charge is -2.11. The Labute approximate surface area is 121 Å². The average molecular weight is 302 g/mol. The number of rotatable bonds is 6. The van der Waals surface area contributed by atoms with Crippen LogP contribution in [0.5, 0.6) is 0 Å². The van der Waals surface area contributed by atoms with Crippen molar-refractivity contribution < 1.29 is 14.7 Å². The number of carbonyl (C=O) groups excluding carboxylic acids is 1. The van der Waals surface area contributed by atoms with Crippen molar-refractivity contribution in [1.82, 2.24) is 0 Å². The molecule has 0 saturated heterocycles. The molecule has 1 amide bonds. The Kier molecular flexibility index (Phi) is 6.18. The van der Waals surface area contributed by atoms with Gasteiger partial charge in [0.2, 0.25) is 5.91 Å². The van der Waals surface area contributed by atoms with Gasteiger partial charge in [-0.1, -0.05) is 24.6 Å². The molecule has 19 heavy (non-hydrogen) atoms. The Hall–Kier alpha value is -1.20. The Morgan fingerprint density at radius 3 is 2.79 bits per heavy atom. The number of benzene rings is 1. The minimum absolute atomic E-state index is 0.0497. The Balaban J connectivity index is 2.47. The number of nitrogens with one attached hydrogen (secondary N) is 1. The molecule has 0 aliphatic carbocycles. The van der Waals surface area contributed by atoms with E-state index >= 15 is 0 Å². The maximum atomic E-state index is 11.7. The third-order valence-corrected chi connectivity index (χ3v) is 3.83. The topological polar surface area (TPSA) is 66.4 Å². The molecule has 0 fully saturated rings. The second kappa shape index (κ2) is 7.40. The Morgan fingerprint density at radius 1 is 1.47 bits per heavy atom. The van der Waals surface area contributed by atoms with Gasteiger partial charge in [0.1, 0.15) is 0 Å². The monoisotopic (exact) mass is 301 g/mol. The standard InChI is InChI=1S/C13H16ClNO3S/c1-8-3-4-10(14)6-11(8)15-12(16)7-19-9(2)5-13(17)18/h3-4,6,9H,5,7H2,1-2H3,(H,15,16)(H,17,18). The summed E-state index contributed by atoms with van der Waals surface area (Å²) in [6, 6.07) is 5.29. The molecule has 0 aromatic heterocycles. The molecule has 0 spiro atoms. The number of carboxylic acid groups (broad SMARTS) is 1. The molecule has 6 heteroatoms. The first-order valence-electron chi connectivity index (χ1n) is 5.78. The second-order valence-electron chi connectivity index (χ2n) is 4.23. The van der Waals surface area contributed by atoms with E-state index in [1.54, 1.807) is 19.1 Å². The number of hydrogen-bond acceptors (Lipinski definition) is 3. The van der Waals surface area contributed by atoms with Crippen molar-refractivity contribution >= 4 is 40.9 Å². The lowest BCUT2D eigenvalue weighted by atomic mass is 10.2. The summed E-state index contributed by atoms with van der Waals surface area (Å²) in [5.41, 5.74) is 1.62. The van der Waals surface area contributed by atoms with Crippen molar-refractivity contribution in [1.29, 1.82) is 0 Å². The first-order chi connectivity index (χ1) is 8.88. The van der Waals surface area contributed by atoms with Crippen LogP contribution in [-0.4, -0.2) is 28.0 Å². The van der Waals surface area contributed by atoms with E-state index in [1.807, 2.05) is 13.0 Å². The number of halogens is 1. The molecule has 0 bridgehead atoms. The average Bonchev–Trinajstić information content (AvgIpc) is 2.30. The van der Waals surface area contributed by atoms with Crippen molar-refractivity contribution in [2.45, 2.75) is 25.5 Å². The van der Waals surface area contributed by atoms with Crippen molar-refractivity contribution in [3.05, 3.63) is 28.8 Å². The number of anilines is 1. The number of aryl methyl sites for hydroxylation is 1. The molecule has 2 N–H and O–H groups in total. The third-order valence-electron chi connectivity index (χ3n) is 2.43. The number of aliphatic carboxylic acids is 1. The van der Waals surface area contributed by atoms with E-state index in [-0.39, 0.29) is 23.3 Å². The van der Waals surface area contributed by atoms with Gasteiger partial charge in [0.15, 0.2) is 0 Å². The molecule has 1 rings (SSSR count). The molecular formula is C13H16ClNO3S. The molecule has 0 heterocycles. The van der Waals surface area contributed by atoms with Crippen molar-refractivity contribution in [3.63, 3.8) is 0 Å². The second-order valence-corrected chi connectivity index (χ2v) is 6.09. The van der Waals surface area contributed by atoms with E-state index in [4.69, 9.17) is 16.7 Å². The van der Waals surface area contributed by atoms with E-state index in [2.05, 4.69) is 5.32 Å². The first-order valence-corrected chi connectivity index (χ1v) is 7.20. The normalized spacial score (nSPS) is 11.9. The van der Waals surface area contributed by atoms with Crippen molar-refractivity contribution in [2.24, 2.45) is 0 Å². The van der Waals surface area contributed by atoms with Gasteiger partial charge in [-0.25, -0.2) is 0 Å². The molecule has 4 nitrogen and oxygen atoms in total. The van der Waals surface area contributed by atoms with E-state index in [9.17, 15) is 9.59 Å². The fourth-order valence-corrected chi connectivity index (χ4v) is 2.38. The molecule has 0 aliphatic rings. The predicted molar refractivity (Wildman–Crippen MR) is 79.0 cm³/mol. The number of carbonyl (C=O) groups is 2. The number of thioether (sulfide) groups is 1. The predicted octanol–water partition coefficient (Wildman–Crippen LogP) is 3.18. The highest BCUT2D eigenvalue weighted by Crippen LogP contribution is 2.21. The SMILES string of the molecule is Cc1ccc(Cl)cc1NC(=O)CSC(C)CC(=O)O. The summed E-state index contributed by atoms with van der Waals surface area (Å²) in [6.07, 6.45) is 0.0497. The lowest BCUT2D eigenvalue weighted by Crippen LogP contribution is -2.17. The Bertz CT molecular complexity index is 479. The van der Waals surface area contributed by atoms with Gasteiger partial charge >= 0.3 is 5.97 Å². The molecule has 1 unspecified atom stereocenters. The van der Waals surface area contributed by atoms with E-state index in [0.29, 0.717) is 10.7 Å². The Morgan fingerprint density at radius 2 is 2.16 bits per heavy atom. The number of hydrogen-bond donors (Lipinski definition) is 2. The first kappa shape index (κ1) is 15.9. The molecule has 0 saturated carbocycles. The summed E-state index contributed by atoms with van der Waals surface area (Å²) in [6.45, 7) is 3.67. The fraction of sp³-hybridized carbons (Fsp3) is 0.385. The van der Waals surface area contributed by atoms with E-state index in [0.717, 1.165) is 5.56 Å². The molecule has 1 aromatic carbocycles. The smallest absolute Gasteiger partial charge is 0.304 e. The van der Waals surface area contributed by atoms with Gasteiger partial charge in [0.25, 0.3) is 0 Å². The molecule has 1 aromatic rings. The van der Waals surface area contributed by atoms with Crippen LogP contribution in [0.3, 0.4) is 0 Å². The summed E-state index contributed by atoms with van der Waals surface area (Å²) in [4.78, 5) is 22.2. The molecule has 1 atom stereocenters. The van der Waals surface area contributed by atoms with E-state index < -0.39 is 5.97 Å². The zero-order chi connectivity index (χ0) is 14.4. The van der Waals surface area contributed by atoms with Gasteiger partial charge in [0, 0.05) is 16.0 Å². The van der Waals surface area contributed by atoms with Crippen LogP contribution < -0.4 is 5.32 Å². The highest BCUT2D eigenvalue weighted by atomic mass is 35.5. The van der Waals surface area contributed by atoms with Crippen LogP contribution in [0, 0.1) is 6.92 Å². The lowest BCUT2D eigenvalue weighted by molar-refractivity contribution is -0.136. The molecule has 104 valence electrons. The highest BCUT2D eigenvalue weighted by Gasteiger charge is 2.11. The van der Waals surface area contributed by atoms with Crippen LogP contribution in [0.15, 0.2) is 18.2 Å². The summed E-state index contributed by atoms with van der Waals surface area (Å²) in [5.74, 6) is -0.792. The highest BCUT2D eigenvalue weighted by molar-refractivity contribution is 8.00. The molecule has 0 radical (unpaired) electrons. The summed E-state index contributed by atoms with van der Waals surface area (Å²) in [7, 11) is 0. The minimum atomic E-state index is -0.855. The number of carboxylic acids is 1. The maximum absolute atomic E-state index is 11.7. The van der Waals surface area contributed by atoms with Crippen LogP contribution in [0.2, 0.25) is 5.02 Å². The van der Waals surface area contributed by atoms with Gasteiger partial charge in [0.05, 0.1) is 12.2 Å². The molecular weight excluding hydrogens is 286 g/mol. The van der Waals surface area contributed by atoms with Crippen molar-refractivity contribution in [3.8, 4) is 0 Å². The van der Waals surface area contributed by atoms with Crippen LogP contribution in [-0.2, 0) is 9.59 Å². The quantitative estimate of drug-likeness (QED) is 0.847. The van der Waals surface area contributed by atoms with Crippen LogP contribution in [0.1, 0.15) is 18.9 Å². The third kappa shape index (κ3) is 5.98. The summed E-state index contributed by atoms with van der Waals surface area (Å²) in [5, 5.41) is 11.9. The van der Waals surface area contributed by atoms with Gasteiger partial charge in [-0.05, 0) is 24.6 Å². The summed E-state index contributed by atoms with van der Waals surface area (Å²) < 4.78 is 0. The molecule has 0 aliphatic heterocycles. The van der Waals surface area contributed by atoms with Gasteiger partial charge in [-0.3, -0.25) is 9.59 Å². The van der Waals surface area contributed by atoms with Gasteiger partial charge < -0.3 is 10.4 Å². The maximum Gasteiger partial charge on any atom is 0.304 e. The zero-order valence-corrected chi connectivity index (χ0v) is 12.3. The van der Waals surface area contributed by atoms with Gasteiger partial charge in [-0.15, -0.1) is 11.8 Å². The van der Waals surface area contributed by atoms with Crippen LogP contribution >= 0.6 is 23.4 Å². The fourth-order valence-electron chi connectivity index (χ4n) is 1.44. The zero-order valence-electron chi connectivity index (χ0n) is 10.8. The summed E-state index contributed by atoms with van der Waals surface area (Å²) >= 11 is 7.18. The van der Waals surface area contributed by atoms with Crippen molar-refractivity contribution in [2.75, 3.05) is 11.1 Å². The van der Waals surface area contributed by atoms with Crippen LogP contribution in [0.4, 0.5) is 5.69 Å². The van der Waals surface area contributed by atoms with Crippen LogP contribution in [0.25, 0.3) is 0 Å². The largest absolute Gasteiger partial charge is 0.481 e. The minimum Gasteiger partial charge on any atom is -0.481 e. The number of amides is 1.